The highest BCUT2D eigenvalue weighted by atomic mass is 16.7. The molecule has 4 nitrogen and oxygen atoms in total. The van der Waals surface area contributed by atoms with Gasteiger partial charge in [-0.05, 0) is 24.0 Å². The lowest BCUT2D eigenvalue weighted by molar-refractivity contribution is -0.133. The molecule has 1 fully saturated rings. The predicted molar refractivity (Wildman–Crippen MR) is 80.1 cm³/mol. The summed E-state index contributed by atoms with van der Waals surface area (Å²) in [6, 6.07) is 8.43. The van der Waals surface area contributed by atoms with Gasteiger partial charge in [-0.3, -0.25) is 4.79 Å². The van der Waals surface area contributed by atoms with E-state index in [1.807, 2.05) is 6.07 Å². The first-order valence-electron chi connectivity index (χ1n) is 7.72. The Kier molecular flexibility index (Phi) is 6.70. The number of hydrogen-bond acceptors (Lipinski definition) is 4. The monoisotopic (exact) mass is 292 g/mol. The number of carbonyl (C=O) groups excluding carboxylic acids is 1. The summed E-state index contributed by atoms with van der Waals surface area (Å²) in [5.74, 6) is -0.0659. The molecule has 0 bridgehead atoms. The zero-order valence-electron chi connectivity index (χ0n) is 12.6. The Bertz CT molecular complexity index is 427. The summed E-state index contributed by atoms with van der Waals surface area (Å²) in [7, 11) is 0. The molecule has 0 spiro atoms. The topological polar surface area (TPSA) is 44.8 Å². The average molecular weight is 292 g/mol. The Hall–Kier alpha value is -1.39. The van der Waals surface area contributed by atoms with Crippen LogP contribution in [0.3, 0.4) is 0 Å². The lowest BCUT2D eigenvalue weighted by atomic mass is 9.95. The van der Waals surface area contributed by atoms with Crippen molar-refractivity contribution in [1.29, 1.82) is 0 Å². The summed E-state index contributed by atoms with van der Waals surface area (Å²) in [6.07, 6.45) is 4.42. The van der Waals surface area contributed by atoms with Crippen LogP contribution in [0, 0.1) is 0 Å². The van der Waals surface area contributed by atoms with Gasteiger partial charge in [0.2, 0.25) is 0 Å². The molecule has 1 aliphatic heterocycles. The smallest absolute Gasteiger partial charge is 0.293 e. The summed E-state index contributed by atoms with van der Waals surface area (Å²) in [4.78, 5) is 10.5. The average Bonchev–Trinajstić information content (AvgIpc) is 3.03. The van der Waals surface area contributed by atoms with Crippen LogP contribution >= 0.6 is 0 Å². The van der Waals surface area contributed by atoms with E-state index < -0.39 is 0 Å². The molecule has 0 N–H and O–H groups in total. The molecule has 21 heavy (non-hydrogen) atoms. The predicted octanol–water partition coefficient (Wildman–Crippen LogP) is 3.05. The molecule has 1 aliphatic rings. The van der Waals surface area contributed by atoms with Gasteiger partial charge in [0, 0.05) is 0 Å². The lowest BCUT2D eigenvalue weighted by Gasteiger charge is -2.22. The fraction of sp³-hybridized carbons (Fsp3) is 0.588. The molecule has 2 rings (SSSR count). The van der Waals surface area contributed by atoms with Crippen molar-refractivity contribution in [1.82, 2.24) is 0 Å². The van der Waals surface area contributed by atoms with Crippen molar-refractivity contribution < 1.29 is 19.0 Å². The van der Waals surface area contributed by atoms with Gasteiger partial charge in [-0.15, -0.1) is 0 Å². The summed E-state index contributed by atoms with van der Waals surface area (Å²) in [6.45, 7) is 4.16. The third-order valence-corrected chi connectivity index (χ3v) is 3.77. The summed E-state index contributed by atoms with van der Waals surface area (Å²) < 4.78 is 16.1. The van der Waals surface area contributed by atoms with Crippen molar-refractivity contribution in [3.63, 3.8) is 0 Å². The van der Waals surface area contributed by atoms with Gasteiger partial charge in [-0.25, -0.2) is 0 Å². The third kappa shape index (κ3) is 4.83. The molecule has 1 aromatic rings. The van der Waals surface area contributed by atoms with Crippen LogP contribution < -0.4 is 0 Å². The fourth-order valence-electron chi connectivity index (χ4n) is 2.64. The first-order valence-corrected chi connectivity index (χ1v) is 7.72. The van der Waals surface area contributed by atoms with E-state index in [4.69, 9.17) is 14.2 Å². The molecule has 116 valence electrons. The second kappa shape index (κ2) is 8.80. The number of unbranched alkanes of at least 4 members (excludes halogenated alkanes) is 2. The highest BCUT2D eigenvalue weighted by Gasteiger charge is 2.29. The van der Waals surface area contributed by atoms with Gasteiger partial charge in [0.25, 0.3) is 6.47 Å². The second-order valence-corrected chi connectivity index (χ2v) is 5.35. The molecule has 0 radical (unpaired) electrons. The minimum absolute atomic E-state index is 0.0659. The summed E-state index contributed by atoms with van der Waals surface area (Å²) >= 11 is 0. The largest absolute Gasteiger partial charge is 0.467 e. The Morgan fingerprint density at radius 1 is 1.33 bits per heavy atom. The van der Waals surface area contributed by atoms with Crippen molar-refractivity contribution >= 4 is 6.47 Å². The van der Waals surface area contributed by atoms with E-state index in [0.29, 0.717) is 19.7 Å². The Morgan fingerprint density at radius 3 is 2.86 bits per heavy atom. The molecule has 4 heteroatoms. The molecule has 1 unspecified atom stereocenters. The van der Waals surface area contributed by atoms with E-state index in [1.165, 1.54) is 24.8 Å². The molecular formula is C17H24O4. The van der Waals surface area contributed by atoms with Gasteiger partial charge in [0.05, 0.1) is 19.1 Å². The SMILES string of the molecule is CCCCCc1cccc(C(COC=O)C2OCCO2)c1. The first-order chi connectivity index (χ1) is 10.3. The van der Waals surface area contributed by atoms with Crippen molar-refractivity contribution in [3.05, 3.63) is 35.4 Å². The summed E-state index contributed by atoms with van der Waals surface area (Å²) in [5, 5.41) is 0. The van der Waals surface area contributed by atoms with Crippen LogP contribution in [0.25, 0.3) is 0 Å². The Balaban J connectivity index is 2.06. The third-order valence-electron chi connectivity index (χ3n) is 3.77. The quantitative estimate of drug-likeness (QED) is 0.518. The normalized spacial score (nSPS) is 16.8. The van der Waals surface area contributed by atoms with Crippen LogP contribution in [0.4, 0.5) is 0 Å². The van der Waals surface area contributed by atoms with Crippen LogP contribution in [-0.2, 0) is 25.4 Å². The molecule has 0 amide bonds. The van der Waals surface area contributed by atoms with Crippen LogP contribution in [0.1, 0.15) is 43.2 Å². The molecule has 0 saturated carbocycles. The van der Waals surface area contributed by atoms with Crippen LogP contribution in [-0.4, -0.2) is 32.6 Å². The number of carbonyl (C=O) groups is 1. The van der Waals surface area contributed by atoms with Gasteiger partial charge >= 0.3 is 0 Å². The molecule has 1 saturated heterocycles. The molecule has 1 heterocycles. The maximum atomic E-state index is 10.5. The molecule has 1 atom stereocenters. The van der Waals surface area contributed by atoms with E-state index >= 15 is 0 Å². The molecule has 1 aromatic carbocycles. The van der Waals surface area contributed by atoms with Crippen molar-refractivity contribution in [2.45, 2.75) is 44.8 Å². The zero-order valence-corrected chi connectivity index (χ0v) is 12.6. The number of aryl methyl sites for hydroxylation is 1. The Labute approximate surface area is 126 Å². The van der Waals surface area contributed by atoms with Gasteiger partial charge in [-0.2, -0.15) is 0 Å². The number of rotatable bonds is 9. The number of benzene rings is 1. The maximum Gasteiger partial charge on any atom is 0.293 e. The standard InChI is InChI=1S/C17H24O4/c1-2-3-4-6-14-7-5-8-15(11-14)16(12-19-13-18)17-20-9-10-21-17/h5,7-8,11,13,16-17H,2-4,6,9-10,12H2,1H3. The second-order valence-electron chi connectivity index (χ2n) is 5.35. The maximum absolute atomic E-state index is 10.5. The molecule has 0 aromatic heterocycles. The minimum atomic E-state index is -0.323. The van der Waals surface area contributed by atoms with E-state index in [9.17, 15) is 4.79 Å². The number of hydrogen-bond donors (Lipinski definition) is 0. The van der Waals surface area contributed by atoms with Gasteiger partial charge in [0.15, 0.2) is 6.29 Å². The van der Waals surface area contributed by atoms with Crippen molar-refractivity contribution in [2.24, 2.45) is 0 Å². The zero-order chi connectivity index (χ0) is 14.9. The molecular weight excluding hydrogens is 268 g/mol. The Morgan fingerprint density at radius 2 is 2.14 bits per heavy atom. The summed E-state index contributed by atoms with van der Waals surface area (Å²) in [5.41, 5.74) is 2.42. The van der Waals surface area contributed by atoms with Crippen LogP contribution in [0.5, 0.6) is 0 Å². The van der Waals surface area contributed by atoms with Crippen molar-refractivity contribution in [3.8, 4) is 0 Å². The van der Waals surface area contributed by atoms with E-state index in [-0.39, 0.29) is 18.8 Å². The highest BCUT2D eigenvalue weighted by Crippen LogP contribution is 2.27. The van der Waals surface area contributed by atoms with Gasteiger partial charge in [0.1, 0.15) is 6.61 Å². The van der Waals surface area contributed by atoms with E-state index in [2.05, 4.69) is 25.1 Å². The fourth-order valence-corrected chi connectivity index (χ4v) is 2.64. The minimum Gasteiger partial charge on any atom is -0.467 e. The number of ether oxygens (including phenoxy) is 3. The van der Waals surface area contributed by atoms with Gasteiger partial charge in [-0.1, -0.05) is 44.0 Å². The lowest BCUT2D eigenvalue weighted by Crippen LogP contribution is -2.24. The first kappa shape index (κ1) is 16.0. The van der Waals surface area contributed by atoms with E-state index in [1.54, 1.807) is 0 Å². The highest BCUT2D eigenvalue weighted by molar-refractivity contribution is 5.37. The van der Waals surface area contributed by atoms with Crippen LogP contribution in [0.2, 0.25) is 0 Å². The van der Waals surface area contributed by atoms with Crippen LogP contribution in [0.15, 0.2) is 24.3 Å². The molecule has 0 aliphatic carbocycles. The van der Waals surface area contributed by atoms with Gasteiger partial charge < -0.3 is 14.2 Å². The van der Waals surface area contributed by atoms with Crippen molar-refractivity contribution in [2.75, 3.05) is 19.8 Å². The van der Waals surface area contributed by atoms with E-state index in [0.717, 1.165) is 12.0 Å².